The Bertz CT molecular complexity index is 877. The minimum Gasteiger partial charge on any atom is -0.365 e. The van der Waals surface area contributed by atoms with Crippen molar-refractivity contribution in [2.24, 2.45) is 0 Å². The summed E-state index contributed by atoms with van der Waals surface area (Å²) in [5.74, 6) is -0.0976. The van der Waals surface area contributed by atoms with Gasteiger partial charge in [-0.15, -0.1) is 0 Å². The number of hydrogen-bond acceptors (Lipinski definition) is 3. The number of amides is 2. The van der Waals surface area contributed by atoms with Crippen molar-refractivity contribution in [3.63, 3.8) is 0 Å². The number of nitrogens with zero attached hydrogens (tertiary/aromatic N) is 2. The lowest BCUT2D eigenvalue weighted by molar-refractivity contribution is -0.130. The van der Waals surface area contributed by atoms with Crippen LogP contribution in [0, 0.1) is 0 Å². The second-order valence-corrected chi connectivity index (χ2v) is 7.81. The van der Waals surface area contributed by atoms with Crippen LogP contribution in [-0.2, 0) is 4.79 Å². The second-order valence-electron chi connectivity index (χ2n) is 7.81. The van der Waals surface area contributed by atoms with Crippen molar-refractivity contribution < 1.29 is 9.59 Å². The van der Waals surface area contributed by atoms with Gasteiger partial charge in [-0.3, -0.25) is 9.59 Å². The molecule has 1 aromatic carbocycles. The lowest BCUT2D eigenvalue weighted by Gasteiger charge is -2.40. The maximum Gasteiger partial charge on any atom is 0.254 e. The van der Waals surface area contributed by atoms with E-state index in [1.807, 2.05) is 93.1 Å². The molecule has 0 radical (unpaired) electrons. The molecule has 30 heavy (non-hydrogen) atoms. The van der Waals surface area contributed by atoms with Crippen molar-refractivity contribution in [2.75, 3.05) is 19.6 Å². The molecule has 5 nitrogen and oxygen atoms in total. The number of rotatable bonds is 6. The lowest BCUT2D eigenvalue weighted by Crippen LogP contribution is -2.55. The van der Waals surface area contributed by atoms with Gasteiger partial charge in [-0.1, -0.05) is 42.5 Å². The van der Waals surface area contributed by atoms with Crippen LogP contribution < -0.4 is 5.32 Å². The van der Waals surface area contributed by atoms with E-state index in [4.69, 9.17) is 0 Å². The first-order valence-electron chi connectivity index (χ1n) is 10.3. The number of carbonyl (C=O) groups excluding carboxylic acids is 2. The Hall–Kier alpha value is -3.08. The van der Waals surface area contributed by atoms with E-state index in [0.717, 1.165) is 11.3 Å². The van der Waals surface area contributed by atoms with Gasteiger partial charge in [0.1, 0.15) is 0 Å². The number of benzene rings is 1. The molecule has 1 aliphatic heterocycles. The SMILES string of the molecule is C=C(C(=O)N1CCN(C(=O)c2ccccc2)C[C@H]1C)C(/C=C/C)=C/NC(C)=C(C)C. The van der Waals surface area contributed by atoms with E-state index in [-0.39, 0.29) is 17.9 Å². The zero-order valence-electron chi connectivity index (χ0n) is 18.7. The van der Waals surface area contributed by atoms with Crippen LogP contribution in [0.5, 0.6) is 0 Å². The molecule has 0 bridgehead atoms. The van der Waals surface area contributed by atoms with Crippen LogP contribution in [0.2, 0.25) is 0 Å². The summed E-state index contributed by atoms with van der Waals surface area (Å²) in [4.78, 5) is 29.5. The number of allylic oxidation sites excluding steroid dienone is 4. The van der Waals surface area contributed by atoms with Gasteiger partial charge >= 0.3 is 0 Å². The molecule has 0 aromatic heterocycles. The van der Waals surface area contributed by atoms with E-state index in [2.05, 4.69) is 11.9 Å². The van der Waals surface area contributed by atoms with Gasteiger partial charge in [0.2, 0.25) is 0 Å². The first kappa shape index (κ1) is 23.2. The molecule has 1 atom stereocenters. The van der Waals surface area contributed by atoms with E-state index in [1.165, 1.54) is 5.57 Å². The molecule has 0 aliphatic carbocycles. The molecule has 5 heteroatoms. The molecule has 2 rings (SSSR count). The van der Waals surface area contributed by atoms with E-state index in [0.29, 0.717) is 30.8 Å². The number of hydrogen-bond donors (Lipinski definition) is 1. The summed E-state index contributed by atoms with van der Waals surface area (Å²) in [5.41, 5.74) is 4.08. The molecule has 1 aromatic rings. The molecular formula is C25H33N3O2. The van der Waals surface area contributed by atoms with E-state index in [1.54, 1.807) is 0 Å². The summed E-state index contributed by atoms with van der Waals surface area (Å²) >= 11 is 0. The average molecular weight is 408 g/mol. The van der Waals surface area contributed by atoms with E-state index >= 15 is 0 Å². The fraction of sp³-hybridized carbons (Fsp3) is 0.360. The van der Waals surface area contributed by atoms with Gasteiger partial charge in [-0.05, 0) is 46.8 Å². The van der Waals surface area contributed by atoms with Crippen LogP contribution in [0.3, 0.4) is 0 Å². The molecular weight excluding hydrogens is 374 g/mol. The number of piperazine rings is 1. The Morgan fingerprint density at radius 1 is 1.13 bits per heavy atom. The van der Waals surface area contributed by atoms with Gasteiger partial charge in [0.05, 0.1) is 0 Å². The van der Waals surface area contributed by atoms with Crippen molar-refractivity contribution in [1.82, 2.24) is 15.1 Å². The van der Waals surface area contributed by atoms with Crippen molar-refractivity contribution in [3.8, 4) is 0 Å². The standard InChI is InChI=1S/C25H33N3O2/c1-7-11-23(16-26-21(6)18(2)3)20(5)24(29)28-15-14-27(17-19(28)4)25(30)22-12-9-8-10-13-22/h7-13,16,19,26H,5,14-15,17H2,1-4,6H3/b11-7+,23-16+/t19-/m1/s1. The monoisotopic (exact) mass is 407 g/mol. The highest BCUT2D eigenvalue weighted by Gasteiger charge is 2.31. The summed E-state index contributed by atoms with van der Waals surface area (Å²) in [5, 5.41) is 3.24. The van der Waals surface area contributed by atoms with Crippen molar-refractivity contribution in [3.05, 3.63) is 83.2 Å². The van der Waals surface area contributed by atoms with E-state index < -0.39 is 0 Å². The summed E-state index contributed by atoms with van der Waals surface area (Å²) in [6, 6.07) is 9.17. The highest BCUT2D eigenvalue weighted by atomic mass is 16.2. The molecule has 2 amide bonds. The third kappa shape index (κ3) is 5.72. The van der Waals surface area contributed by atoms with Crippen LogP contribution >= 0.6 is 0 Å². The summed E-state index contributed by atoms with van der Waals surface area (Å²) in [7, 11) is 0. The zero-order chi connectivity index (χ0) is 22.3. The van der Waals surface area contributed by atoms with Gasteiger partial charge in [0.25, 0.3) is 11.8 Å². The van der Waals surface area contributed by atoms with Crippen LogP contribution in [0.15, 0.2) is 77.7 Å². The number of nitrogens with one attached hydrogen (secondary N) is 1. The highest BCUT2D eigenvalue weighted by Crippen LogP contribution is 2.19. The molecule has 1 fully saturated rings. The third-order valence-corrected chi connectivity index (χ3v) is 5.34. The fourth-order valence-corrected chi connectivity index (χ4v) is 3.25. The van der Waals surface area contributed by atoms with E-state index in [9.17, 15) is 9.59 Å². The number of carbonyl (C=O) groups is 2. The van der Waals surface area contributed by atoms with Gasteiger partial charge in [0.15, 0.2) is 0 Å². The van der Waals surface area contributed by atoms with Gasteiger partial charge in [0, 0.05) is 54.3 Å². The maximum absolute atomic E-state index is 13.2. The van der Waals surface area contributed by atoms with Gasteiger partial charge in [-0.25, -0.2) is 0 Å². The maximum atomic E-state index is 13.2. The lowest BCUT2D eigenvalue weighted by atomic mass is 10.0. The second kappa shape index (κ2) is 10.6. The molecule has 0 saturated carbocycles. The van der Waals surface area contributed by atoms with Crippen molar-refractivity contribution >= 4 is 11.8 Å². The van der Waals surface area contributed by atoms with Crippen molar-refractivity contribution in [1.29, 1.82) is 0 Å². The topological polar surface area (TPSA) is 52.7 Å². The Labute approximate surface area is 180 Å². The first-order valence-corrected chi connectivity index (χ1v) is 10.3. The van der Waals surface area contributed by atoms with Crippen LogP contribution in [0.25, 0.3) is 0 Å². The molecule has 1 saturated heterocycles. The highest BCUT2D eigenvalue weighted by molar-refractivity contribution is 5.98. The molecule has 0 spiro atoms. The zero-order valence-corrected chi connectivity index (χ0v) is 18.7. The largest absolute Gasteiger partial charge is 0.365 e. The summed E-state index contributed by atoms with van der Waals surface area (Å²) in [6.07, 6.45) is 5.59. The predicted octanol–water partition coefficient (Wildman–Crippen LogP) is 4.28. The summed E-state index contributed by atoms with van der Waals surface area (Å²) in [6.45, 7) is 15.5. The van der Waals surface area contributed by atoms with Crippen LogP contribution in [0.1, 0.15) is 45.0 Å². The van der Waals surface area contributed by atoms with Gasteiger partial charge in [-0.2, -0.15) is 0 Å². The Balaban J connectivity index is 2.09. The Morgan fingerprint density at radius 3 is 2.37 bits per heavy atom. The molecule has 160 valence electrons. The summed E-state index contributed by atoms with van der Waals surface area (Å²) < 4.78 is 0. The Kier molecular flexibility index (Phi) is 8.22. The predicted molar refractivity (Wildman–Crippen MR) is 123 cm³/mol. The van der Waals surface area contributed by atoms with Crippen LogP contribution in [0.4, 0.5) is 0 Å². The smallest absolute Gasteiger partial charge is 0.254 e. The first-order chi connectivity index (χ1) is 14.3. The van der Waals surface area contributed by atoms with Crippen LogP contribution in [-0.4, -0.2) is 47.3 Å². The molecule has 0 unspecified atom stereocenters. The molecule has 1 aliphatic rings. The molecule has 1 heterocycles. The average Bonchev–Trinajstić information content (AvgIpc) is 2.75. The quantitative estimate of drug-likeness (QED) is 0.566. The Morgan fingerprint density at radius 2 is 1.80 bits per heavy atom. The normalized spacial score (nSPS) is 17.1. The minimum absolute atomic E-state index is 0.00396. The van der Waals surface area contributed by atoms with Gasteiger partial charge < -0.3 is 15.1 Å². The third-order valence-electron chi connectivity index (χ3n) is 5.34. The fourth-order valence-electron chi connectivity index (χ4n) is 3.25. The van der Waals surface area contributed by atoms with Crippen molar-refractivity contribution in [2.45, 2.75) is 40.7 Å². The molecule has 1 N–H and O–H groups in total. The minimum atomic E-state index is -0.102.